The summed E-state index contributed by atoms with van der Waals surface area (Å²) in [6.07, 6.45) is 0.916. The number of halogens is 2. The molecule has 1 amide bonds. The van der Waals surface area contributed by atoms with Crippen molar-refractivity contribution in [3.63, 3.8) is 0 Å². The summed E-state index contributed by atoms with van der Waals surface area (Å²) in [4.78, 5) is 18.9. The Hall–Kier alpha value is -3.65. The number of carbonyl (C=O) groups excluding carboxylic acids is 1. The third-order valence-corrected chi connectivity index (χ3v) is 6.69. The summed E-state index contributed by atoms with van der Waals surface area (Å²) in [5.74, 6) is -0.305. The molecule has 3 aromatic carbocycles. The van der Waals surface area contributed by atoms with E-state index in [1.165, 1.54) is 35.9 Å². The maximum Gasteiger partial charge on any atom is 0.414 e. The van der Waals surface area contributed by atoms with Crippen molar-refractivity contribution in [3.8, 4) is 5.75 Å². The number of hydrogen-bond donors (Lipinski definition) is 0. The molecule has 1 aromatic heterocycles. The van der Waals surface area contributed by atoms with E-state index in [1.54, 1.807) is 24.4 Å². The monoisotopic (exact) mass is 478 g/mol. The number of pyridine rings is 1. The van der Waals surface area contributed by atoms with Crippen LogP contribution in [0.1, 0.15) is 16.7 Å². The van der Waals surface area contributed by atoms with Crippen molar-refractivity contribution in [2.75, 3.05) is 12.0 Å². The van der Waals surface area contributed by atoms with Crippen LogP contribution in [0.2, 0.25) is 0 Å². The lowest BCUT2D eigenvalue weighted by molar-refractivity contribution is 0.141. The van der Waals surface area contributed by atoms with Gasteiger partial charge >= 0.3 is 6.09 Å². The number of methoxy groups -OCH3 is 1. The summed E-state index contributed by atoms with van der Waals surface area (Å²) in [5, 5.41) is 0.643. The van der Waals surface area contributed by atoms with Crippen molar-refractivity contribution < 1.29 is 23.0 Å². The predicted molar refractivity (Wildman–Crippen MR) is 127 cm³/mol. The molecular weight excluding hydrogens is 458 g/mol. The molecule has 2 heterocycles. The van der Waals surface area contributed by atoms with Crippen LogP contribution in [0.25, 0.3) is 10.9 Å². The zero-order valence-electron chi connectivity index (χ0n) is 18.3. The van der Waals surface area contributed by atoms with Crippen molar-refractivity contribution in [3.05, 3.63) is 95.2 Å². The Morgan fingerprint density at radius 2 is 1.85 bits per heavy atom. The Morgan fingerprint density at radius 1 is 1.09 bits per heavy atom. The number of anilines is 1. The average molecular weight is 479 g/mol. The SMILES string of the molecule is COc1cccc2c3c(cnc12)COC(=O)N3Cc1c(F)cc(SCc2ccccc2)cc1F. The van der Waals surface area contributed by atoms with Crippen molar-refractivity contribution >= 4 is 34.4 Å². The van der Waals surface area contributed by atoms with E-state index in [-0.39, 0.29) is 18.7 Å². The number of aromatic nitrogens is 1. The second kappa shape index (κ2) is 9.30. The standard InChI is InChI=1S/C26H20F2N2O3S/c1-32-23-9-5-8-19-24(23)29-12-17-14-33-26(31)30(25(17)19)13-20-21(27)10-18(11-22(20)28)34-15-16-6-3-2-4-7-16/h2-12H,13-15H2,1H3. The van der Waals surface area contributed by atoms with Crippen molar-refractivity contribution in [1.29, 1.82) is 0 Å². The van der Waals surface area contributed by atoms with Crippen LogP contribution in [-0.2, 0) is 23.6 Å². The highest BCUT2D eigenvalue weighted by Crippen LogP contribution is 2.38. The molecule has 5 rings (SSSR count). The molecule has 0 saturated carbocycles. The number of rotatable bonds is 6. The van der Waals surface area contributed by atoms with Crippen molar-refractivity contribution in [2.24, 2.45) is 0 Å². The second-order valence-corrected chi connectivity index (χ2v) is 8.82. The Balaban J connectivity index is 1.48. The summed E-state index contributed by atoms with van der Waals surface area (Å²) < 4.78 is 40.8. The molecule has 0 radical (unpaired) electrons. The third kappa shape index (κ3) is 4.17. The van der Waals surface area contributed by atoms with Gasteiger partial charge in [-0.1, -0.05) is 42.5 Å². The number of cyclic esters (lactones) is 1. The molecule has 4 aromatic rings. The first-order valence-corrected chi connectivity index (χ1v) is 11.6. The normalized spacial score (nSPS) is 13.0. The van der Waals surface area contributed by atoms with E-state index >= 15 is 8.78 Å². The Bertz CT molecular complexity index is 1360. The first kappa shape index (κ1) is 22.2. The molecule has 1 aliphatic heterocycles. The van der Waals surface area contributed by atoms with Gasteiger partial charge in [-0.25, -0.2) is 13.6 Å². The number of amides is 1. The highest BCUT2D eigenvalue weighted by molar-refractivity contribution is 7.98. The molecule has 0 unspecified atom stereocenters. The minimum absolute atomic E-state index is 0.0326. The lowest BCUT2D eigenvalue weighted by Gasteiger charge is -2.30. The molecule has 5 nitrogen and oxygen atoms in total. The molecule has 0 atom stereocenters. The van der Waals surface area contributed by atoms with Gasteiger partial charge in [-0.05, 0) is 23.8 Å². The van der Waals surface area contributed by atoms with Gasteiger partial charge in [-0.15, -0.1) is 11.8 Å². The summed E-state index contributed by atoms with van der Waals surface area (Å²) in [7, 11) is 1.53. The molecule has 0 spiro atoms. The number of carbonyl (C=O) groups is 1. The fourth-order valence-corrected chi connectivity index (χ4v) is 4.88. The number of ether oxygens (including phenoxy) is 2. The summed E-state index contributed by atoms with van der Waals surface area (Å²) in [5.41, 5.74) is 2.57. The molecule has 0 bridgehead atoms. The summed E-state index contributed by atoms with van der Waals surface area (Å²) >= 11 is 1.34. The van der Waals surface area contributed by atoms with E-state index < -0.39 is 17.7 Å². The van der Waals surface area contributed by atoms with Gasteiger partial charge in [0.2, 0.25) is 0 Å². The van der Waals surface area contributed by atoms with Gasteiger partial charge in [0.05, 0.1) is 19.3 Å². The van der Waals surface area contributed by atoms with E-state index in [0.717, 1.165) is 5.56 Å². The van der Waals surface area contributed by atoms with E-state index in [0.29, 0.717) is 38.6 Å². The minimum Gasteiger partial charge on any atom is -0.494 e. The molecule has 34 heavy (non-hydrogen) atoms. The highest BCUT2D eigenvalue weighted by Gasteiger charge is 2.30. The minimum atomic E-state index is -0.716. The summed E-state index contributed by atoms with van der Waals surface area (Å²) in [6.45, 7) is -0.283. The van der Waals surface area contributed by atoms with E-state index in [1.807, 2.05) is 30.3 Å². The van der Waals surface area contributed by atoms with Gasteiger partial charge in [0, 0.05) is 33.4 Å². The van der Waals surface area contributed by atoms with Crippen LogP contribution >= 0.6 is 11.8 Å². The quantitative estimate of drug-likeness (QED) is 0.297. The lowest BCUT2D eigenvalue weighted by Crippen LogP contribution is -2.36. The van der Waals surface area contributed by atoms with Gasteiger partial charge in [-0.3, -0.25) is 9.88 Å². The number of benzene rings is 3. The van der Waals surface area contributed by atoms with E-state index in [4.69, 9.17) is 9.47 Å². The van der Waals surface area contributed by atoms with E-state index in [9.17, 15) is 4.79 Å². The average Bonchev–Trinajstić information content (AvgIpc) is 2.86. The van der Waals surface area contributed by atoms with Crippen LogP contribution < -0.4 is 9.64 Å². The Kier molecular flexibility index (Phi) is 6.06. The molecule has 0 aliphatic carbocycles. The number of thioether (sulfide) groups is 1. The molecular formula is C26H20F2N2O3S. The van der Waals surface area contributed by atoms with Crippen LogP contribution in [-0.4, -0.2) is 18.2 Å². The van der Waals surface area contributed by atoms with Crippen LogP contribution in [0.15, 0.2) is 71.8 Å². The van der Waals surface area contributed by atoms with E-state index in [2.05, 4.69) is 4.98 Å². The zero-order chi connectivity index (χ0) is 23.7. The maximum atomic E-state index is 15.1. The summed E-state index contributed by atoms with van der Waals surface area (Å²) in [6, 6.07) is 17.6. The number of hydrogen-bond acceptors (Lipinski definition) is 5. The highest BCUT2D eigenvalue weighted by atomic mass is 32.2. The van der Waals surface area contributed by atoms with Crippen LogP contribution in [0.4, 0.5) is 19.3 Å². The second-order valence-electron chi connectivity index (χ2n) is 7.77. The predicted octanol–water partition coefficient (Wildman–Crippen LogP) is 6.47. The smallest absolute Gasteiger partial charge is 0.414 e. The van der Waals surface area contributed by atoms with Gasteiger partial charge in [-0.2, -0.15) is 0 Å². The fourth-order valence-electron chi connectivity index (χ4n) is 3.98. The lowest BCUT2D eigenvalue weighted by atomic mass is 10.1. The van der Waals surface area contributed by atoms with Gasteiger partial charge in [0.15, 0.2) is 0 Å². The molecule has 172 valence electrons. The maximum absolute atomic E-state index is 15.1. The molecule has 0 saturated heterocycles. The molecule has 0 N–H and O–H groups in total. The first-order valence-electron chi connectivity index (χ1n) is 10.6. The molecule has 8 heteroatoms. The first-order chi connectivity index (χ1) is 16.5. The number of fused-ring (bicyclic) bond motifs is 3. The zero-order valence-corrected chi connectivity index (χ0v) is 19.1. The Morgan fingerprint density at radius 3 is 2.59 bits per heavy atom. The number of para-hydroxylation sites is 1. The van der Waals surface area contributed by atoms with Crippen LogP contribution in [0, 0.1) is 11.6 Å². The Labute approximate surface area is 199 Å². The fraction of sp³-hybridized carbons (Fsp3) is 0.154. The largest absolute Gasteiger partial charge is 0.494 e. The molecule has 0 fully saturated rings. The van der Waals surface area contributed by atoms with Crippen LogP contribution in [0.3, 0.4) is 0 Å². The third-order valence-electron chi connectivity index (χ3n) is 5.65. The molecule has 1 aliphatic rings. The number of nitrogens with zero attached hydrogens (tertiary/aromatic N) is 2. The van der Waals surface area contributed by atoms with Crippen LogP contribution in [0.5, 0.6) is 5.75 Å². The van der Waals surface area contributed by atoms with Crippen molar-refractivity contribution in [1.82, 2.24) is 4.98 Å². The van der Waals surface area contributed by atoms with Gasteiger partial charge in [0.25, 0.3) is 0 Å². The topological polar surface area (TPSA) is 51.7 Å². The van der Waals surface area contributed by atoms with Crippen molar-refractivity contribution in [2.45, 2.75) is 23.8 Å². The van der Waals surface area contributed by atoms with Gasteiger partial charge < -0.3 is 9.47 Å². The van der Waals surface area contributed by atoms with Gasteiger partial charge in [0.1, 0.15) is 29.5 Å².